The Bertz CT molecular complexity index is 1350. The van der Waals surface area contributed by atoms with Crippen LogP contribution in [0.15, 0.2) is 36.4 Å². The normalized spacial score (nSPS) is 10.8. The number of fused-ring (bicyclic) bond motifs is 1. The largest absolute Gasteiger partial charge is 0.493 e. The Morgan fingerprint density at radius 2 is 1.66 bits per heavy atom. The Balaban J connectivity index is 2.10. The lowest BCUT2D eigenvalue weighted by Gasteiger charge is -2.16. The molecule has 9 heteroatoms. The maximum absolute atomic E-state index is 13.4. The van der Waals surface area contributed by atoms with Crippen LogP contribution in [0.25, 0.3) is 27.8 Å². The summed E-state index contributed by atoms with van der Waals surface area (Å²) in [6, 6.07) is 11.5. The molecule has 0 aliphatic carbocycles. The number of methoxy groups -OCH3 is 3. The number of ether oxygens (including phenoxy) is 3. The molecule has 8 nitrogen and oxygen atoms in total. The van der Waals surface area contributed by atoms with Crippen molar-refractivity contribution in [2.45, 2.75) is 6.92 Å². The second kappa shape index (κ2) is 8.07. The van der Waals surface area contributed by atoms with Gasteiger partial charge < -0.3 is 19.9 Å². The highest BCUT2D eigenvalue weighted by atomic mass is 19.1. The molecule has 0 saturated heterocycles. The van der Waals surface area contributed by atoms with Crippen LogP contribution in [-0.2, 0) is 0 Å². The molecule has 0 bridgehead atoms. The number of nitrogens with zero attached hydrogens (tertiary/aromatic N) is 4. The number of hydrogen-bond acceptors (Lipinski definition) is 7. The van der Waals surface area contributed by atoms with E-state index in [0.717, 1.165) is 0 Å². The third-order valence-electron chi connectivity index (χ3n) is 5.15. The molecule has 0 amide bonds. The Kier molecular flexibility index (Phi) is 5.28. The fourth-order valence-corrected chi connectivity index (χ4v) is 3.72. The number of anilines is 1. The average molecular weight is 433 g/mol. The highest BCUT2D eigenvalue weighted by molar-refractivity contribution is 6.01. The van der Waals surface area contributed by atoms with Crippen LogP contribution < -0.4 is 19.9 Å². The van der Waals surface area contributed by atoms with Gasteiger partial charge >= 0.3 is 0 Å². The number of aromatic nitrogens is 3. The number of pyridine rings is 1. The fourth-order valence-electron chi connectivity index (χ4n) is 3.72. The highest BCUT2D eigenvalue weighted by Crippen LogP contribution is 2.44. The smallest absolute Gasteiger partial charge is 0.203 e. The lowest BCUT2D eigenvalue weighted by Crippen LogP contribution is -2.03. The van der Waals surface area contributed by atoms with Crippen LogP contribution in [0.3, 0.4) is 0 Å². The van der Waals surface area contributed by atoms with Gasteiger partial charge in [0.05, 0.1) is 38.1 Å². The first-order valence-electron chi connectivity index (χ1n) is 9.58. The summed E-state index contributed by atoms with van der Waals surface area (Å²) in [5.41, 5.74) is 9.23. The Morgan fingerprint density at radius 3 is 2.19 bits per heavy atom. The SMILES string of the molecule is COc1cc(-c2c(C#N)c(N)nc3c2c(C)nn3-c2ccc(F)cc2)cc(OC)c1OC. The predicted molar refractivity (Wildman–Crippen MR) is 118 cm³/mol. The van der Waals surface area contributed by atoms with Crippen molar-refractivity contribution in [1.82, 2.24) is 14.8 Å². The number of aryl methyl sites for hydroxylation is 1. The second-order valence-electron chi connectivity index (χ2n) is 6.95. The first-order chi connectivity index (χ1) is 15.4. The third kappa shape index (κ3) is 3.22. The van der Waals surface area contributed by atoms with Gasteiger partial charge in [-0.2, -0.15) is 10.4 Å². The van der Waals surface area contributed by atoms with Crippen molar-refractivity contribution in [3.63, 3.8) is 0 Å². The Labute approximate surface area is 183 Å². The number of rotatable bonds is 5. The van der Waals surface area contributed by atoms with Crippen LogP contribution in [0.5, 0.6) is 17.2 Å². The summed E-state index contributed by atoms with van der Waals surface area (Å²) in [5, 5.41) is 15.1. The zero-order valence-corrected chi connectivity index (χ0v) is 17.9. The highest BCUT2D eigenvalue weighted by Gasteiger charge is 2.24. The maximum atomic E-state index is 13.4. The van der Waals surface area contributed by atoms with Crippen molar-refractivity contribution in [3.05, 3.63) is 53.5 Å². The average Bonchev–Trinajstić information content (AvgIpc) is 3.13. The number of nitrogens with two attached hydrogens (primary N) is 1. The minimum absolute atomic E-state index is 0.0482. The van der Waals surface area contributed by atoms with Gasteiger partial charge in [0.15, 0.2) is 17.1 Å². The number of halogens is 1. The van der Waals surface area contributed by atoms with Crippen LogP contribution in [0.4, 0.5) is 10.2 Å². The van der Waals surface area contributed by atoms with E-state index in [1.807, 2.05) is 6.92 Å². The summed E-state index contributed by atoms with van der Waals surface area (Å²) in [6.07, 6.45) is 0. The fraction of sp³-hybridized carbons (Fsp3) is 0.174. The van der Waals surface area contributed by atoms with Crippen molar-refractivity contribution in [1.29, 1.82) is 5.26 Å². The van der Waals surface area contributed by atoms with Gasteiger partial charge in [-0.25, -0.2) is 14.1 Å². The van der Waals surface area contributed by atoms with E-state index in [2.05, 4.69) is 16.2 Å². The molecule has 0 unspecified atom stereocenters. The predicted octanol–water partition coefficient (Wildman–Crippen LogP) is 4.01. The summed E-state index contributed by atoms with van der Waals surface area (Å²) in [7, 11) is 4.54. The summed E-state index contributed by atoms with van der Waals surface area (Å²) in [5.74, 6) is 0.969. The maximum Gasteiger partial charge on any atom is 0.203 e. The summed E-state index contributed by atoms with van der Waals surface area (Å²) < 4.78 is 31.4. The van der Waals surface area contributed by atoms with Gasteiger partial charge in [-0.05, 0) is 48.9 Å². The zero-order valence-electron chi connectivity index (χ0n) is 17.9. The van der Waals surface area contributed by atoms with E-state index in [4.69, 9.17) is 19.9 Å². The van der Waals surface area contributed by atoms with E-state index in [9.17, 15) is 9.65 Å². The van der Waals surface area contributed by atoms with Crippen LogP contribution in [0, 0.1) is 24.1 Å². The zero-order chi connectivity index (χ0) is 23.0. The summed E-state index contributed by atoms with van der Waals surface area (Å²) in [6.45, 7) is 1.81. The van der Waals surface area contributed by atoms with E-state index in [1.54, 1.807) is 28.9 Å². The quantitative estimate of drug-likeness (QED) is 0.506. The molecule has 2 aromatic carbocycles. The van der Waals surface area contributed by atoms with Gasteiger partial charge in [-0.3, -0.25) is 0 Å². The van der Waals surface area contributed by atoms with E-state index in [0.29, 0.717) is 50.8 Å². The van der Waals surface area contributed by atoms with Crippen LogP contribution >= 0.6 is 0 Å². The molecule has 162 valence electrons. The lowest BCUT2D eigenvalue weighted by molar-refractivity contribution is 0.324. The number of hydrogen-bond donors (Lipinski definition) is 1. The molecule has 0 aliphatic heterocycles. The second-order valence-corrected chi connectivity index (χ2v) is 6.95. The van der Waals surface area contributed by atoms with Crippen LogP contribution in [0.2, 0.25) is 0 Å². The number of benzene rings is 2. The first-order valence-corrected chi connectivity index (χ1v) is 9.58. The van der Waals surface area contributed by atoms with Gasteiger partial charge in [0.2, 0.25) is 5.75 Å². The van der Waals surface area contributed by atoms with E-state index in [1.165, 1.54) is 33.5 Å². The topological polar surface area (TPSA) is 108 Å². The Hall–Kier alpha value is -4.32. The van der Waals surface area contributed by atoms with Gasteiger partial charge in [0, 0.05) is 5.56 Å². The molecule has 2 N–H and O–H groups in total. The number of nitrogen functional groups attached to an aromatic ring is 1. The van der Waals surface area contributed by atoms with Crippen molar-refractivity contribution < 1.29 is 18.6 Å². The molecule has 0 saturated carbocycles. The van der Waals surface area contributed by atoms with E-state index in [-0.39, 0.29) is 17.2 Å². The molecule has 0 spiro atoms. The van der Waals surface area contributed by atoms with Gasteiger partial charge in [0.25, 0.3) is 0 Å². The summed E-state index contributed by atoms with van der Waals surface area (Å²) in [4.78, 5) is 4.45. The molecule has 0 fully saturated rings. The molecule has 0 atom stereocenters. The summed E-state index contributed by atoms with van der Waals surface area (Å²) >= 11 is 0. The molecule has 4 rings (SSSR count). The van der Waals surface area contributed by atoms with E-state index < -0.39 is 0 Å². The molecule has 0 aliphatic rings. The number of nitriles is 1. The first kappa shape index (κ1) is 20.9. The lowest BCUT2D eigenvalue weighted by atomic mass is 9.96. The van der Waals surface area contributed by atoms with Crippen molar-refractivity contribution in [2.75, 3.05) is 27.1 Å². The van der Waals surface area contributed by atoms with Gasteiger partial charge in [-0.15, -0.1) is 0 Å². The minimum atomic E-state index is -0.362. The van der Waals surface area contributed by atoms with Gasteiger partial charge in [0.1, 0.15) is 23.3 Å². The molecule has 4 aromatic rings. The molecule has 2 aromatic heterocycles. The molecule has 0 radical (unpaired) electrons. The van der Waals surface area contributed by atoms with Crippen molar-refractivity contribution in [3.8, 4) is 40.1 Å². The monoisotopic (exact) mass is 433 g/mol. The standard InChI is InChI=1S/C23H20FN5O3/c1-12-19-20(13-9-17(30-2)21(32-4)18(10-13)31-3)16(11-25)22(26)27-23(19)29(28-12)15-7-5-14(24)6-8-15/h5-10H,1-4H3,(H2,26,27). The molecular formula is C23H20FN5O3. The van der Waals surface area contributed by atoms with Crippen molar-refractivity contribution in [2.24, 2.45) is 0 Å². The van der Waals surface area contributed by atoms with Crippen molar-refractivity contribution >= 4 is 16.9 Å². The Morgan fingerprint density at radius 1 is 1.03 bits per heavy atom. The van der Waals surface area contributed by atoms with E-state index >= 15 is 0 Å². The minimum Gasteiger partial charge on any atom is -0.493 e. The molecule has 32 heavy (non-hydrogen) atoms. The molecule has 2 heterocycles. The van der Waals surface area contributed by atoms with Crippen LogP contribution in [0.1, 0.15) is 11.3 Å². The third-order valence-corrected chi connectivity index (χ3v) is 5.15. The van der Waals surface area contributed by atoms with Gasteiger partial charge in [-0.1, -0.05) is 0 Å². The van der Waals surface area contributed by atoms with Crippen LogP contribution in [-0.4, -0.2) is 36.1 Å². The molecular weight excluding hydrogens is 413 g/mol.